The number of anilines is 1. The third-order valence-electron chi connectivity index (χ3n) is 5.49. The van der Waals surface area contributed by atoms with E-state index in [1.165, 1.54) is 24.3 Å². The highest BCUT2D eigenvalue weighted by molar-refractivity contribution is 9.10. The van der Waals surface area contributed by atoms with Gasteiger partial charge in [0, 0.05) is 10.0 Å². The van der Waals surface area contributed by atoms with Crippen LogP contribution in [0.2, 0.25) is 10.0 Å². The number of sulfonamides is 1. The Morgan fingerprint density at radius 3 is 2.26 bits per heavy atom. The molecule has 0 aliphatic carbocycles. The van der Waals surface area contributed by atoms with Crippen LogP contribution in [0.5, 0.6) is 5.75 Å². The fraction of sp³-hybridized carbons (Fsp3) is 0.269. The van der Waals surface area contributed by atoms with Gasteiger partial charge in [-0.2, -0.15) is 4.31 Å². The first kappa shape index (κ1) is 27.5. The lowest BCUT2D eigenvalue weighted by atomic mass is 10.1. The Bertz CT molecular complexity index is 1310. The molecule has 3 rings (SSSR count). The van der Waals surface area contributed by atoms with Gasteiger partial charge in [-0.05, 0) is 102 Å². The SMILES string of the molecule is CCCCc1ccc(N(C(=O)COc2cc(C)c(Cl)c(C)c2Br)S(=O)(=O)c2ccc(Cl)cc2)cc1. The number of unbranched alkanes of at least 4 members (excludes halogenated alkanes) is 1. The van der Waals surface area contributed by atoms with E-state index in [9.17, 15) is 13.2 Å². The van der Waals surface area contributed by atoms with Gasteiger partial charge in [0.25, 0.3) is 15.9 Å². The second-order valence-electron chi connectivity index (χ2n) is 8.12. The highest BCUT2D eigenvalue weighted by Crippen LogP contribution is 2.36. The molecule has 5 nitrogen and oxygen atoms in total. The molecule has 0 saturated heterocycles. The summed E-state index contributed by atoms with van der Waals surface area (Å²) >= 11 is 15.7. The quantitative estimate of drug-likeness (QED) is 0.255. The number of carbonyl (C=O) groups is 1. The Kier molecular flexibility index (Phi) is 9.27. The summed E-state index contributed by atoms with van der Waals surface area (Å²) in [5.41, 5.74) is 2.85. The van der Waals surface area contributed by atoms with E-state index in [2.05, 4.69) is 22.9 Å². The largest absolute Gasteiger partial charge is 0.483 e. The first-order valence-corrected chi connectivity index (χ1v) is 14.1. The summed E-state index contributed by atoms with van der Waals surface area (Å²) in [4.78, 5) is 13.3. The summed E-state index contributed by atoms with van der Waals surface area (Å²) in [6.45, 7) is 5.26. The Morgan fingerprint density at radius 2 is 1.66 bits per heavy atom. The minimum absolute atomic E-state index is 0.0512. The van der Waals surface area contributed by atoms with Crippen molar-refractivity contribution in [2.75, 3.05) is 10.9 Å². The molecule has 0 saturated carbocycles. The van der Waals surface area contributed by atoms with Crippen molar-refractivity contribution in [3.63, 3.8) is 0 Å². The fourth-order valence-electron chi connectivity index (χ4n) is 3.51. The monoisotopic (exact) mass is 597 g/mol. The first-order valence-electron chi connectivity index (χ1n) is 11.1. The van der Waals surface area contributed by atoms with Crippen LogP contribution in [0.15, 0.2) is 64.0 Å². The fourth-order valence-corrected chi connectivity index (χ4v) is 5.74. The van der Waals surface area contributed by atoms with Gasteiger partial charge in [0.1, 0.15) is 5.75 Å². The summed E-state index contributed by atoms with van der Waals surface area (Å²) in [5, 5.41) is 0.981. The molecule has 0 aliphatic rings. The van der Waals surface area contributed by atoms with Gasteiger partial charge in [0.05, 0.1) is 15.1 Å². The van der Waals surface area contributed by atoms with Crippen LogP contribution in [0.3, 0.4) is 0 Å². The lowest BCUT2D eigenvalue weighted by molar-refractivity contribution is -0.119. The molecule has 0 bridgehead atoms. The molecular weight excluding hydrogens is 573 g/mol. The molecule has 0 spiro atoms. The van der Waals surface area contributed by atoms with E-state index in [1.807, 2.05) is 26.0 Å². The van der Waals surface area contributed by atoms with E-state index in [1.54, 1.807) is 18.2 Å². The second-order valence-corrected chi connectivity index (χ2v) is 11.5. The average Bonchev–Trinajstić information content (AvgIpc) is 2.84. The van der Waals surface area contributed by atoms with Crippen LogP contribution in [0.25, 0.3) is 0 Å². The van der Waals surface area contributed by atoms with Crippen LogP contribution in [-0.2, 0) is 21.2 Å². The molecule has 0 aromatic heterocycles. The number of amides is 1. The van der Waals surface area contributed by atoms with Crippen molar-refractivity contribution >= 4 is 60.7 Å². The highest BCUT2D eigenvalue weighted by atomic mass is 79.9. The summed E-state index contributed by atoms with van der Waals surface area (Å²) < 4.78 is 34.3. The van der Waals surface area contributed by atoms with Crippen molar-refractivity contribution in [1.29, 1.82) is 0 Å². The van der Waals surface area contributed by atoms with Crippen LogP contribution in [0.4, 0.5) is 5.69 Å². The number of nitrogens with zero attached hydrogens (tertiary/aromatic N) is 1. The Labute approximate surface area is 225 Å². The second kappa shape index (κ2) is 11.8. The van der Waals surface area contributed by atoms with Crippen LogP contribution in [0, 0.1) is 13.8 Å². The van der Waals surface area contributed by atoms with E-state index in [0.29, 0.717) is 20.3 Å². The zero-order valence-corrected chi connectivity index (χ0v) is 23.6. The highest BCUT2D eigenvalue weighted by Gasteiger charge is 2.31. The van der Waals surface area contributed by atoms with Crippen molar-refractivity contribution < 1.29 is 17.9 Å². The zero-order valence-electron chi connectivity index (χ0n) is 19.6. The van der Waals surface area contributed by atoms with E-state index < -0.39 is 22.5 Å². The number of aryl methyl sites for hydroxylation is 2. The first-order chi connectivity index (χ1) is 16.6. The van der Waals surface area contributed by atoms with Crippen LogP contribution in [0.1, 0.15) is 36.5 Å². The number of halogens is 3. The molecule has 0 radical (unpaired) electrons. The molecule has 0 aliphatic heterocycles. The van der Waals surface area contributed by atoms with E-state index in [0.717, 1.165) is 40.3 Å². The Morgan fingerprint density at radius 1 is 1.03 bits per heavy atom. The van der Waals surface area contributed by atoms with Gasteiger partial charge in [-0.3, -0.25) is 4.79 Å². The summed E-state index contributed by atoms with van der Waals surface area (Å²) in [6, 6.07) is 14.3. The van der Waals surface area contributed by atoms with Gasteiger partial charge in [-0.1, -0.05) is 48.7 Å². The molecule has 35 heavy (non-hydrogen) atoms. The summed E-state index contributed by atoms with van der Waals surface area (Å²) in [6.07, 6.45) is 2.95. The van der Waals surface area contributed by atoms with Gasteiger partial charge in [0.2, 0.25) is 0 Å². The average molecular weight is 599 g/mol. The van der Waals surface area contributed by atoms with Gasteiger partial charge in [0.15, 0.2) is 6.61 Å². The maximum Gasteiger partial charge on any atom is 0.278 e. The molecular formula is C26H26BrCl2NO4S. The van der Waals surface area contributed by atoms with Crippen molar-refractivity contribution in [3.8, 4) is 5.75 Å². The number of hydrogen-bond donors (Lipinski definition) is 0. The maximum atomic E-state index is 13.6. The van der Waals surface area contributed by atoms with Crippen LogP contribution < -0.4 is 9.04 Å². The third-order valence-corrected chi connectivity index (χ3v) is 9.07. The number of carbonyl (C=O) groups excluding carboxylic acids is 1. The molecule has 0 unspecified atom stereocenters. The van der Waals surface area contributed by atoms with Gasteiger partial charge < -0.3 is 4.74 Å². The number of ether oxygens (including phenoxy) is 1. The van der Waals surface area contributed by atoms with Crippen molar-refractivity contribution in [1.82, 2.24) is 0 Å². The molecule has 1 amide bonds. The minimum Gasteiger partial charge on any atom is -0.483 e. The summed E-state index contributed by atoms with van der Waals surface area (Å²) in [7, 11) is -4.23. The van der Waals surface area contributed by atoms with Gasteiger partial charge in [-0.25, -0.2) is 8.42 Å². The van der Waals surface area contributed by atoms with Gasteiger partial charge >= 0.3 is 0 Å². The normalized spacial score (nSPS) is 11.4. The molecule has 0 atom stereocenters. The summed E-state index contributed by atoms with van der Waals surface area (Å²) in [5.74, 6) is -0.338. The number of hydrogen-bond acceptors (Lipinski definition) is 4. The van der Waals surface area contributed by atoms with E-state index in [-0.39, 0.29) is 10.6 Å². The van der Waals surface area contributed by atoms with E-state index in [4.69, 9.17) is 27.9 Å². The molecule has 9 heteroatoms. The van der Waals surface area contributed by atoms with Crippen molar-refractivity contribution in [2.45, 2.75) is 44.9 Å². The predicted octanol–water partition coefficient (Wildman–Crippen LogP) is 7.52. The zero-order chi connectivity index (χ0) is 25.8. The third kappa shape index (κ3) is 6.39. The minimum atomic E-state index is -4.23. The molecule has 186 valence electrons. The van der Waals surface area contributed by atoms with E-state index >= 15 is 0 Å². The molecule has 0 fully saturated rings. The van der Waals surface area contributed by atoms with Gasteiger partial charge in [-0.15, -0.1) is 0 Å². The van der Waals surface area contributed by atoms with Crippen molar-refractivity contribution in [3.05, 3.63) is 85.8 Å². The molecule has 0 N–H and O–H groups in total. The van der Waals surface area contributed by atoms with Crippen LogP contribution in [-0.4, -0.2) is 20.9 Å². The lowest BCUT2D eigenvalue weighted by Crippen LogP contribution is -2.40. The van der Waals surface area contributed by atoms with Crippen LogP contribution >= 0.6 is 39.1 Å². The predicted molar refractivity (Wildman–Crippen MR) is 145 cm³/mol. The smallest absolute Gasteiger partial charge is 0.278 e. The maximum absolute atomic E-state index is 13.6. The number of rotatable bonds is 9. The van der Waals surface area contributed by atoms with Crippen molar-refractivity contribution in [2.24, 2.45) is 0 Å². The lowest BCUT2D eigenvalue weighted by Gasteiger charge is -2.23. The Balaban J connectivity index is 1.96. The molecule has 3 aromatic rings. The molecule has 3 aromatic carbocycles. The topological polar surface area (TPSA) is 63.7 Å². The number of benzene rings is 3. The Hall–Kier alpha value is -2.06. The standard InChI is InChI=1S/C26H26BrCl2NO4S/c1-4-5-6-19-7-11-21(12-8-19)30(35(32,33)22-13-9-20(28)10-14-22)24(31)16-34-23-15-17(2)26(29)18(3)25(23)27/h7-15H,4-6,16H2,1-3H3. The molecule has 0 heterocycles.